The van der Waals surface area contributed by atoms with Gasteiger partial charge in [0.05, 0.1) is 11.3 Å². The molecule has 110 valence electrons. The first-order chi connectivity index (χ1) is 10.1. The van der Waals surface area contributed by atoms with Gasteiger partial charge in [-0.1, -0.05) is 42.5 Å². The Bertz CT molecular complexity index is 611. The van der Waals surface area contributed by atoms with E-state index in [0.717, 1.165) is 16.8 Å². The summed E-state index contributed by atoms with van der Waals surface area (Å²) in [6.07, 6.45) is 0. The summed E-state index contributed by atoms with van der Waals surface area (Å²) in [6.45, 7) is 3.65. The molecular formula is C17H20N2O2. The van der Waals surface area contributed by atoms with E-state index in [2.05, 4.69) is 0 Å². The van der Waals surface area contributed by atoms with Gasteiger partial charge in [0, 0.05) is 19.6 Å². The first-order valence-electron chi connectivity index (χ1n) is 6.95. The lowest BCUT2D eigenvalue weighted by atomic mass is 10.1. The van der Waals surface area contributed by atoms with Crippen molar-refractivity contribution in [2.45, 2.75) is 13.5 Å². The maximum Gasteiger partial charge on any atom is 0.337 e. The number of anilines is 1. The number of nitrogens with zero attached hydrogens (tertiary/aromatic N) is 1. The smallest absolute Gasteiger partial charge is 0.337 e. The van der Waals surface area contributed by atoms with Crippen molar-refractivity contribution in [3.8, 4) is 0 Å². The number of benzene rings is 2. The third-order valence-corrected chi connectivity index (χ3v) is 3.40. The quantitative estimate of drug-likeness (QED) is 0.856. The lowest BCUT2D eigenvalue weighted by Crippen LogP contribution is -2.31. The normalized spacial score (nSPS) is 10.4. The van der Waals surface area contributed by atoms with Gasteiger partial charge in [0.1, 0.15) is 0 Å². The average molecular weight is 284 g/mol. The molecule has 0 saturated carbocycles. The van der Waals surface area contributed by atoms with E-state index < -0.39 is 5.97 Å². The number of carboxylic acid groups (broad SMARTS) is 1. The third kappa shape index (κ3) is 3.61. The molecule has 2 aromatic carbocycles. The predicted molar refractivity (Wildman–Crippen MR) is 84.7 cm³/mol. The molecule has 0 amide bonds. The number of nitrogens with two attached hydrogens (primary N) is 1. The number of hydrogen-bond donors (Lipinski definition) is 2. The second-order valence-electron chi connectivity index (χ2n) is 4.97. The van der Waals surface area contributed by atoms with E-state index in [1.165, 1.54) is 0 Å². The molecule has 0 atom stereocenters. The van der Waals surface area contributed by atoms with Gasteiger partial charge in [-0.2, -0.15) is 0 Å². The highest BCUT2D eigenvalue weighted by Gasteiger charge is 2.18. The van der Waals surface area contributed by atoms with Crippen LogP contribution in [0.1, 0.15) is 21.5 Å². The Labute approximate surface area is 124 Å². The minimum atomic E-state index is -0.913. The maximum atomic E-state index is 11.5. The van der Waals surface area contributed by atoms with E-state index in [0.29, 0.717) is 25.2 Å². The molecule has 0 aromatic heterocycles. The zero-order chi connectivity index (χ0) is 15.2. The summed E-state index contributed by atoms with van der Waals surface area (Å²) in [7, 11) is 0. The number of carboxylic acids is 1. The number of hydrogen-bond acceptors (Lipinski definition) is 3. The first-order valence-corrected chi connectivity index (χ1v) is 6.95. The number of para-hydroxylation sites is 1. The molecule has 0 spiro atoms. The van der Waals surface area contributed by atoms with Crippen LogP contribution in [0, 0.1) is 6.92 Å². The Morgan fingerprint density at radius 1 is 1.14 bits per heavy atom. The summed E-state index contributed by atoms with van der Waals surface area (Å²) in [6, 6.07) is 15.3. The van der Waals surface area contributed by atoms with E-state index in [1.54, 1.807) is 12.1 Å². The molecule has 4 nitrogen and oxygen atoms in total. The minimum absolute atomic E-state index is 0.319. The zero-order valence-electron chi connectivity index (χ0n) is 12.1. The van der Waals surface area contributed by atoms with Crippen LogP contribution >= 0.6 is 0 Å². The Balaban J connectivity index is 2.41. The predicted octanol–water partition coefficient (Wildman–Crippen LogP) is 2.66. The van der Waals surface area contributed by atoms with Gasteiger partial charge >= 0.3 is 5.97 Å². The monoisotopic (exact) mass is 284 g/mol. The van der Waals surface area contributed by atoms with E-state index in [-0.39, 0.29) is 0 Å². The van der Waals surface area contributed by atoms with Crippen molar-refractivity contribution >= 4 is 11.7 Å². The Morgan fingerprint density at radius 3 is 2.48 bits per heavy atom. The van der Waals surface area contributed by atoms with Gasteiger partial charge < -0.3 is 15.7 Å². The molecule has 0 aliphatic carbocycles. The van der Waals surface area contributed by atoms with Crippen LogP contribution in [0.15, 0.2) is 48.5 Å². The Kier molecular flexibility index (Phi) is 4.95. The lowest BCUT2D eigenvalue weighted by molar-refractivity contribution is 0.0697. The Hall–Kier alpha value is -2.33. The zero-order valence-corrected chi connectivity index (χ0v) is 12.1. The molecule has 0 heterocycles. The summed E-state index contributed by atoms with van der Waals surface area (Å²) < 4.78 is 0. The second kappa shape index (κ2) is 6.90. The summed E-state index contributed by atoms with van der Waals surface area (Å²) >= 11 is 0. The van der Waals surface area contributed by atoms with Crippen molar-refractivity contribution < 1.29 is 9.90 Å². The summed E-state index contributed by atoms with van der Waals surface area (Å²) in [5, 5.41) is 9.42. The van der Waals surface area contributed by atoms with Gasteiger partial charge in [0.25, 0.3) is 0 Å². The van der Waals surface area contributed by atoms with Crippen molar-refractivity contribution in [3.05, 3.63) is 65.2 Å². The number of rotatable bonds is 6. The molecule has 0 aliphatic rings. The van der Waals surface area contributed by atoms with Crippen LogP contribution in [-0.4, -0.2) is 24.2 Å². The highest BCUT2D eigenvalue weighted by molar-refractivity contribution is 5.95. The highest BCUT2D eigenvalue weighted by Crippen LogP contribution is 2.26. The SMILES string of the molecule is Cc1cccc(C(=O)O)c1N(CCN)Cc1ccccc1. The fourth-order valence-electron chi connectivity index (χ4n) is 2.48. The van der Waals surface area contributed by atoms with Crippen LogP contribution in [0.2, 0.25) is 0 Å². The number of carbonyl (C=O) groups is 1. The van der Waals surface area contributed by atoms with Gasteiger partial charge in [-0.3, -0.25) is 0 Å². The van der Waals surface area contributed by atoms with Crippen molar-refractivity contribution in [3.63, 3.8) is 0 Å². The standard InChI is InChI=1S/C17H20N2O2/c1-13-6-5-9-15(17(20)21)16(13)19(11-10-18)12-14-7-3-2-4-8-14/h2-9H,10-12,18H2,1H3,(H,20,21). The van der Waals surface area contributed by atoms with Gasteiger partial charge in [-0.25, -0.2) is 4.79 Å². The van der Waals surface area contributed by atoms with E-state index >= 15 is 0 Å². The molecule has 0 saturated heterocycles. The fraction of sp³-hybridized carbons (Fsp3) is 0.235. The average Bonchev–Trinajstić information content (AvgIpc) is 2.47. The molecule has 0 fully saturated rings. The van der Waals surface area contributed by atoms with E-state index in [1.807, 2.05) is 48.2 Å². The van der Waals surface area contributed by atoms with Crippen LogP contribution < -0.4 is 10.6 Å². The molecule has 0 aliphatic heterocycles. The highest BCUT2D eigenvalue weighted by atomic mass is 16.4. The van der Waals surface area contributed by atoms with Gasteiger partial charge in [-0.05, 0) is 24.1 Å². The van der Waals surface area contributed by atoms with Crippen LogP contribution in [0.3, 0.4) is 0 Å². The third-order valence-electron chi connectivity index (χ3n) is 3.40. The van der Waals surface area contributed by atoms with E-state index in [9.17, 15) is 9.90 Å². The molecule has 3 N–H and O–H groups in total. The lowest BCUT2D eigenvalue weighted by Gasteiger charge is -2.27. The van der Waals surface area contributed by atoms with Gasteiger partial charge in [0.15, 0.2) is 0 Å². The van der Waals surface area contributed by atoms with Crippen molar-refractivity contribution in [2.24, 2.45) is 5.73 Å². The maximum absolute atomic E-state index is 11.5. The summed E-state index contributed by atoms with van der Waals surface area (Å²) in [5.41, 5.74) is 8.85. The van der Waals surface area contributed by atoms with Gasteiger partial charge in [0.2, 0.25) is 0 Å². The molecule has 2 rings (SSSR count). The van der Waals surface area contributed by atoms with Crippen molar-refractivity contribution in [1.82, 2.24) is 0 Å². The first kappa shape index (κ1) is 15.1. The van der Waals surface area contributed by atoms with E-state index in [4.69, 9.17) is 5.73 Å². The Morgan fingerprint density at radius 2 is 1.86 bits per heavy atom. The molecule has 2 aromatic rings. The molecule has 0 bridgehead atoms. The molecular weight excluding hydrogens is 264 g/mol. The molecule has 21 heavy (non-hydrogen) atoms. The van der Waals surface area contributed by atoms with Crippen LogP contribution in [0.25, 0.3) is 0 Å². The number of aryl methyl sites for hydroxylation is 1. The largest absolute Gasteiger partial charge is 0.478 e. The minimum Gasteiger partial charge on any atom is -0.478 e. The van der Waals surface area contributed by atoms with Crippen molar-refractivity contribution in [2.75, 3.05) is 18.0 Å². The summed E-state index contributed by atoms with van der Waals surface area (Å²) in [4.78, 5) is 13.5. The molecule has 4 heteroatoms. The number of aromatic carboxylic acids is 1. The second-order valence-corrected chi connectivity index (χ2v) is 4.97. The van der Waals surface area contributed by atoms with Gasteiger partial charge in [-0.15, -0.1) is 0 Å². The summed E-state index contributed by atoms with van der Waals surface area (Å²) in [5.74, 6) is -0.913. The van der Waals surface area contributed by atoms with Crippen molar-refractivity contribution in [1.29, 1.82) is 0 Å². The topological polar surface area (TPSA) is 66.6 Å². The molecule has 0 unspecified atom stereocenters. The van der Waals surface area contributed by atoms with Crippen LogP contribution in [-0.2, 0) is 6.54 Å². The fourth-order valence-corrected chi connectivity index (χ4v) is 2.48. The molecule has 0 radical (unpaired) electrons. The van der Waals surface area contributed by atoms with Crippen LogP contribution in [0.4, 0.5) is 5.69 Å². The van der Waals surface area contributed by atoms with Crippen LogP contribution in [0.5, 0.6) is 0 Å².